The van der Waals surface area contributed by atoms with Crippen molar-refractivity contribution in [3.05, 3.63) is 40.9 Å². The van der Waals surface area contributed by atoms with E-state index >= 15 is 0 Å². The fourth-order valence-corrected chi connectivity index (χ4v) is 2.31. The standard InChI is InChI=1S/C16H18ClN3O/c1-10-3-2-4-12(17)15(10)19-14-8-7-13(18)16(20-14)21-9-11-5-6-11/h2-4,7-8,11H,5-6,9,18H2,1H3,(H,19,20). The van der Waals surface area contributed by atoms with Gasteiger partial charge in [-0.1, -0.05) is 23.7 Å². The van der Waals surface area contributed by atoms with Crippen LogP contribution in [0.5, 0.6) is 5.88 Å². The second-order valence-electron chi connectivity index (χ2n) is 5.40. The molecule has 0 aliphatic heterocycles. The summed E-state index contributed by atoms with van der Waals surface area (Å²) in [5, 5.41) is 3.89. The average molecular weight is 304 g/mol. The molecule has 2 aromatic rings. The number of nitrogens with one attached hydrogen (secondary N) is 1. The molecule has 0 saturated heterocycles. The summed E-state index contributed by atoms with van der Waals surface area (Å²) in [6.07, 6.45) is 2.47. The maximum atomic E-state index is 6.22. The Bertz CT molecular complexity index is 636. The Labute approximate surface area is 129 Å². The van der Waals surface area contributed by atoms with E-state index in [0.717, 1.165) is 11.3 Å². The molecule has 3 rings (SSSR count). The molecule has 21 heavy (non-hydrogen) atoms. The second-order valence-corrected chi connectivity index (χ2v) is 5.81. The predicted molar refractivity (Wildman–Crippen MR) is 86.3 cm³/mol. The van der Waals surface area contributed by atoms with Gasteiger partial charge in [0.2, 0.25) is 5.88 Å². The lowest BCUT2D eigenvalue weighted by molar-refractivity contribution is 0.290. The summed E-state index contributed by atoms with van der Waals surface area (Å²) in [6, 6.07) is 9.38. The number of nitrogens with zero attached hydrogens (tertiary/aromatic N) is 1. The first-order chi connectivity index (χ1) is 10.1. The van der Waals surface area contributed by atoms with E-state index in [-0.39, 0.29) is 0 Å². The molecule has 1 aliphatic rings. The summed E-state index contributed by atoms with van der Waals surface area (Å²) in [4.78, 5) is 4.43. The van der Waals surface area contributed by atoms with Crippen LogP contribution in [0.3, 0.4) is 0 Å². The van der Waals surface area contributed by atoms with Crippen molar-refractivity contribution >= 4 is 28.8 Å². The summed E-state index contributed by atoms with van der Waals surface area (Å²) in [5.41, 5.74) is 8.37. The first kappa shape index (κ1) is 14.0. The topological polar surface area (TPSA) is 60.2 Å². The summed E-state index contributed by atoms with van der Waals surface area (Å²) in [5.74, 6) is 1.82. The van der Waals surface area contributed by atoms with Gasteiger partial charge in [-0.15, -0.1) is 0 Å². The molecule has 1 aromatic carbocycles. The number of nitrogens with two attached hydrogens (primary N) is 1. The Morgan fingerprint density at radius 3 is 2.86 bits per heavy atom. The highest BCUT2D eigenvalue weighted by Crippen LogP contribution is 2.32. The van der Waals surface area contributed by atoms with Gasteiger partial charge in [-0.25, -0.2) is 0 Å². The Morgan fingerprint density at radius 2 is 2.14 bits per heavy atom. The lowest BCUT2D eigenvalue weighted by Crippen LogP contribution is -2.05. The number of aryl methyl sites for hydroxylation is 1. The quantitative estimate of drug-likeness (QED) is 0.871. The van der Waals surface area contributed by atoms with Gasteiger partial charge in [-0.2, -0.15) is 4.98 Å². The summed E-state index contributed by atoms with van der Waals surface area (Å²) in [6.45, 7) is 2.68. The van der Waals surface area contributed by atoms with Gasteiger partial charge in [0.1, 0.15) is 5.82 Å². The smallest absolute Gasteiger partial charge is 0.239 e. The van der Waals surface area contributed by atoms with Crippen LogP contribution >= 0.6 is 11.6 Å². The molecule has 1 aliphatic carbocycles. The van der Waals surface area contributed by atoms with Crippen molar-refractivity contribution in [1.82, 2.24) is 4.98 Å². The van der Waals surface area contributed by atoms with Crippen LogP contribution in [0.25, 0.3) is 0 Å². The summed E-state index contributed by atoms with van der Waals surface area (Å²) >= 11 is 6.22. The molecule has 0 spiro atoms. The lowest BCUT2D eigenvalue weighted by Gasteiger charge is -2.13. The van der Waals surface area contributed by atoms with Gasteiger partial charge in [0, 0.05) is 0 Å². The Kier molecular flexibility index (Phi) is 3.88. The molecule has 3 N–H and O–H groups in total. The maximum absolute atomic E-state index is 6.22. The molecule has 4 nitrogen and oxygen atoms in total. The molecule has 0 bridgehead atoms. The van der Waals surface area contributed by atoms with E-state index in [1.807, 2.05) is 31.2 Å². The molecular weight excluding hydrogens is 286 g/mol. The Balaban J connectivity index is 1.80. The number of rotatable bonds is 5. The molecule has 0 amide bonds. The van der Waals surface area contributed by atoms with E-state index < -0.39 is 0 Å². The van der Waals surface area contributed by atoms with Crippen LogP contribution in [0.1, 0.15) is 18.4 Å². The number of pyridine rings is 1. The van der Waals surface area contributed by atoms with Crippen molar-refractivity contribution in [2.45, 2.75) is 19.8 Å². The number of aromatic nitrogens is 1. The van der Waals surface area contributed by atoms with Crippen LogP contribution in [-0.4, -0.2) is 11.6 Å². The van der Waals surface area contributed by atoms with Gasteiger partial charge in [0.05, 0.1) is 23.0 Å². The molecular formula is C16H18ClN3O. The van der Waals surface area contributed by atoms with Crippen LogP contribution < -0.4 is 15.8 Å². The predicted octanol–water partition coefficient (Wildman–Crippen LogP) is 4.16. The minimum absolute atomic E-state index is 0.483. The summed E-state index contributed by atoms with van der Waals surface area (Å²) < 4.78 is 5.69. The van der Waals surface area contributed by atoms with E-state index in [1.165, 1.54) is 12.8 Å². The van der Waals surface area contributed by atoms with Crippen molar-refractivity contribution in [3.63, 3.8) is 0 Å². The van der Waals surface area contributed by atoms with E-state index in [9.17, 15) is 0 Å². The van der Waals surface area contributed by atoms with Crippen molar-refractivity contribution < 1.29 is 4.74 Å². The molecule has 1 aromatic heterocycles. The lowest BCUT2D eigenvalue weighted by atomic mass is 10.2. The van der Waals surface area contributed by atoms with Crippen LogP contribution in [0, 0.1) is 12.8 Å². The molecule has 110 valence electrons. The molecule has 1 fully saturated rings. The van der Waals surface area contributed by atoms with E-state index in [1.54, 1.807) is 6.07 Å². The van der Waals surface area contributed by atoms with Crippen molar-refractivity contribution in [2.75, 3.05) is 17.7 Å². The molecule has 0 radical (unpaired) electrons. The number of hydrogen-bond donors (Lipinski definition) is 2. The number of hydrogen-bond acceptors (Lipinski definition) is 4. The molecule has 0 atom stereocenters. The van der Waals surface area contributed by atoms with Gasteiger partial charge < -0.3 is 15.8 Å². The zero-order valence-electron chi connectivity index (χ0n) is 11.9. The first-order valence-electron chi connectivity index (χ1n) is 7.05. The fraction of sp³-hybridized carbons (Fsp3) is 0.312. The average Bonchev–Trinajstić information content (AvgIpc) is 3.27. The van der Waals surface area contributed by atoms with Crippen LogP contribution in [0.2, 0.25) is 5.02 Å². The highest BCUT2D eigenvalue weighted by molar-refractivity contribution is 6.33. The van der Waals surface area contributed by atoms with Crippen molar-refractivity contribution in [3.8, 4) is 5.88 Å². The number of benzene rings is 1. The minimum Gasteiger partial charge on any atom is -0.476 e. The van der Waals surface area contributed by atoms with Gasteiger partial charge in [-0.05, 0) is 49.4 Å². The highest BCUT2D eigenvalue weighted by atomic mass is 35.5. The zero-order valence-corrected chi connectivity index (χ0v) is 12.7. The van der Waals surface area contributed by atoms with Gasteiger partial charge in [0.15, 0.2) is 0 Å². The van der Waals surface area contributed by atoms with E-state index in [4.69, 9.17) is 22.1 Å². The number of para-hydroxylation sites is 1. The number of halogens is 1. The van der Waals surface area contributed by atoms with Crippen LogP contribution in [-0.2, 0) is 0 Å². The Hall–Kier alpha value is -1.94. The summed E-state index contributed by atoms with van der Waals surface area (Å²) in [7, 11) is 0. The van der Waals surface area contributed by atoms with Crippen molar-refractivity contribution in [1.29, 1.82) is 0 Å². The fourth-order valence-electron chi connectivity index (χ4n) is 2.04. The van der Waals surface area contributed by atoms with Gasteiger partial charge in [0.25, 0.3) is 0 Å². The highest BCUT2D eigenvalue weighted by Gasteiger charge is 2.22. The van der Waals surface area contributed by atoms with Gasteiger partial charge in [-0.3, -0.25) is 0 Å². The minimum atomic E-state index is 0.483. The van der Waals surface area contributed by atoms with Crippen molar-refractivity contribution in [2.24, 2.45) is 5.92 Å². The SMILES string of the molecule is Cc1cccc(Cl)c1Nc1ccc(N)c(OCC2CC2)n1. The maximum Gasteiger partial charge on any atom is 0.239 e. The monoisotopic (exact) mass is 303 g/mol. The third-order valence-corrected chi connectivity index (χ3v) is 3.83. The first-order valence-corrected chi connectivity index (χ1v) is 7.43. The molecule has 1 saturated carbocycles. The molecule has 1 heterocycles. The molecule has 5 heteroatoms. The van der Waals surface area contributed by atoms with E-state index in [0.29, 0.717) is 34.9 Å². The largest absolute Gasteiger partial charge is 0.476 e. The van der Waals surface area contributed by atoms with Crippen LogP contribution in [0.4, 0.5) is 17.2 Å². The second kappa shape index (κ2) is 5.82. The molecule has 0 unspecified atom stereocenters. The Morgan fingerprint density at radius 1 is 1.33 bits per heavy atom. The zero-order chi connectivity index (χ0) is 14.8. The number of ether oxygens (including phenoxy) is 1. The third-order valence-electron chi connectivity index (χ3n) is 3.52. The third kappa shape index (κ3) is 3.39. The van der Waals surface area contributed by atoms with Gasteiger partial charge >= 0.3 is 0 Å². The van der Waals surface area contributed by atoms with Crippen LogP contribution in [0.15, 0.2) is 30.3 Å². The van der Waals surface area contributed by atoms with E-state index in [2.05, 4.69) is 10.3 Å². The normalized spacial score (nSPS) is 14.0. The number of anilines is 3. The number of nitrogen functional groups attached to an aromatic ring is 1.